The molecule has 1 N–H and O–H groups in total. The summed E-state index contributed by atoms with van der Waals surface area (Å²) in [7, 11) is 0. The Labute approximate surface area is 110 Å². The maximum atomic E-state index is 12.0. The molecule has 19 heavy (non-hydrogen) atoms. The van der Waals surface area contributed by atoms with Crippen molar-refractivity contribution in [2.24, 2.45) is 5.92 Å². The molecule has 1 aromatic heterocycles. The minimum atomic E-state index is -0.976. The normalized spacial score (nSPS) is 12.1. The first-order chi connectivity index (χ1) is 9.08. The van der Waals surface area contributed by atoms with Crippen LogP contribution in [-0.2, 0) is 4.79 Å². The molecule has 2 aromatic rings. The Morgan fingerprint density at radius 3 is 2.63 bits per heavy atom. The predicted octanol–water partition coefficient (Wildman–Crippen LogP) is 2.17. The van der Waals surface area contributed by atoms with E-state index in [1.165, 1.54) is 6.20 Å². The first-order valence-corrected chi connectivity index (χ1v) is 5.94. The highest BCUT2D eigenvalue weighted by molar-refractivity contribution is 5.98. The Hall–Kier alpha value is -2.43. The second-order valence-corrected chi connectivity index (χ2v) is 4.37. The molecule has 0 saturated carbocycles. The van der Waals surface area contributed by atoms with Crippen molar-refractivity contribution in [2.45, 2.75) is 13.3 Å². The number of benzene rings is 1. The van der Waals surface area contributed by atoms with E-state index < -0.39 is 11.9 Å². The van der Waals surface area contributed by atoms with Crippen molar-refractivity contribution >= 4 is 11.8 Å². The van der Waals surface area contributed by atoms with Crippen molar-refractivity contribution in [2.75, 3.05) is 0 Å². The highest BCUT2D eigenvalue weighted by Crippen LogP contribution is 2.14. The Morgan fingerprint density at radius 1 is 1.32 bits per heavy atom. The van der Waals surface area contributed by atoms with E-state index in [0.29, 0.717) is 5.56 Å². The number of carbonyl (C=O) groups excluding carboxylic acids is 1. The van der Waals surface area contributed by atoms with Gasteiger partial charge in [0.05, 0.1) is 23.9 Å². The van der Waals surface area contributed by atoms with Gasteiger partial charge in [0, 0.05) is 12.1 Å². The summed E-state index contributed by atoms with van der Waals surface area (Å²) in [5.74, 6) is -1.73. The number of aromatic nitrogens is 2. The molecule has 1 heterocycles. The lowest BCUT2D eigenvalue weighted by molar-refractivity contribution is -0.137. The van der Waals surface area contributed by atoms with E-state index in [2.05, 4.69) is 5.10 Å². The second-order valence-electron chi connectivity index (χ2n) is 4.37. The molecule has 5 nitrogen and oxygen atoms in total. The summed E-state index contributed by atoms with van der Waals surface area (Å²) in [4.78, 5) is 22.6. The molecule has 0 bridgehead atoms. The third kappa shape index (κ3) is 3.07. The third-order valence-electron chi connectivity index (χ3n) is 2.82. The van der Waals surface area contributed by atoms with Crippen LogP contribution in [0.15, 0.2) is 42.7 Å². The molecule has 1 atom stereocenters. The van der Waals surface area contributed by atoms with Crippen molar-refractivity contribution in [3.8, 4) is 5.69 Å². The monoisotopic (exact) mass is 258 g/mol. The molecule has 0 fully saturated rings. The van der Waals surface area contributed by atoms with Crippen molar-refractivity contribution in [1.29, 1.82) is 0 Å². The molecule has 0 aliphatic heterocycles. The van der Waals surface area contributed by atoms with Gasteiger partial charge >= 0.3 is 5.97 Å². The van der Waals surface area contributed by atoms with Gasteiger partial charge in [-0.3, -0.25) is 9.59 Å². The summed E-state index contributed by atoms with van der Waals surface area (Å²) in [6, 6.07) is 9.41. The van der Waals surface area contributed by atoms with Crippen LogP contribution >= 0.6 is 0 Å². The van der Waals surface area contributed by atoms with E-state index in [-0.39, 0.29) is 12.2 Å². The van der Waals surface area contributed by atoms with Crippen molar-refractivity contribution < 1.29 is 14.7 Å². The van der Waals surface area contributed by atoms with Crippen LogP contribution in [0.5, 0.6) is 0 Å². The van der Waals surface area contributed by atoms with Crippen molar-refractivity contribution in [3.63, 3.8) is 0 Å². The molecule has 0 aliphatic carbocycles. The third-order valence-corrected chi connectivity index (χ3v) is 2.82. The zero-order chi connectivity index (χ0) is 13.8. The molecule has 98 valence electrons. The summed E-state index contributed by atoms with van der Waals surface area (Å²) < 4.78 is 1.60. The fourth-order valence-electron chi connectivity index (χ4n) is 1.81. The molecular formula is C14H14N2O3. The average Bonchev–Trinajstić information content (AvgIpc) is 2.87. The highest BCUT2D eigenvalue weighted by Gasteiger charge is 2.19. The summed E-state index contributed by atoms with van der Waals surface area (Å²) in [6.45, 7) is 1.61. The van der Waals surface area contributed by atoms with E-state index in [0.717, 1.165) is 5.69 Å². The van der Waals surface area contributed by atoms with Crippen molar-refractivity contribution in [3.05, 3.63) is 48.3 Å². The quantitative estimate of drug-likeness (QED) is 0.834. The maximum Gasteiger partial charge on any atom is 0.304 e. The van der Waals surface area contributed by atoms with Crippen LogP contribution in [0.3, 0.4) is 0 Å². The zero-order valence-electron chi connectivity index (χ0n) is 10.5. The number of hydrogen-bond donors (Lipinski definition) is 1. The molecule has 0 saturated heterocycles. The van der Waals surface area contributed by atoms with Crippen LogP contribution in [0.4, 0.5) is 0 Å². The predicted molar refractivity (Wildman–Crippen MR) is 69.3 cm³/mol. The molecule has 5 heteroatoms. The van der Waals surface area contributed by atoms with Gasteiger partial charge in [-0.2, -0.15) is 5.10 Å². The Bertz CT molecular complexity index is 590. The lowest BCUT2D eigenvalue weighted by atomic mass is 9.99. The van der Waals surface area contributed by atoms with Gasteiger partial charge in [-0.25, -0.2) is 4.68 Å². The largest absolute Gasteiger partial charge is 0.481 e. The molecular weight excluding hydrogens is 244 g/mol. The van der Waals surface area contributed by atoms with Gasteiger partial charge in [-0.1, -0.05) is 25.1 Å². The van der Waals surface area contributed by atoms with E-state index >= 15 is 0 Å². The van der Waals surface area contributed by atoms with Crippen LogP contribution < -0.4 is 0 Å². The van der Waals surface area contributed by atoms with Crippen LogP contribution in [0.25, 0.3) is 5.69 Å². The van der Waals surface area contributed by atoms with Gasteiger partial charge < -0.3 is 5.11 Å². The van der Waals surface area contributed by atoms with Crippen molar-refractivity contribution in [1.82, 2.24) is 9.78 Å². The smallest absolute Gasteiger partial charge is 0.304 e. The van der Waals surface area contributed by atoms with Gasteiger partial charge in [-0.05, 0) is 12.1 Å². The molecule has 1 unspecified atom stereocenters. The Balaban J connectivity index is 2.17. The van der Waals surface area contributed by atoms with Gasteiger partial charge in [0.2, 0.25) is 0 Å². The fraction of sp³-hybridized carbons (Fsp3) is 0.214. The molecule has 0 spiro atoms. The highest BCUT2D eigenvalue weighted by atomic mass is 16.4. The summed E-state index contributed by atoms with van der Waals surface area (Å²) in [5.41, 5.74) is 1.28. The van der Waals surface area contributed by atoms with Crippen LogP contribution in [-0.4, -0.2) is 26.6 Å². The summed E-state index contributed by atoms with van der Waals surface area (Å²) in [5, 5.41) is 12.8. The number of carboxylic acid groups (broad SMARTS) is 1. The van der Waals surface area contributed by atoms with E-state index in [4.69, 9.17) is 5.11 Å². The van der Waals surface area contributed by atoms with E-state index in [1.54, 1.807) is 17.8 Å². The number of aliphatic carboxylic acids is 1. The van der Waals surface area contributed by atoms with Gasteiger partial charge in [0.1, 0.15) is 0 Å². The minimum absolute atomic E-state index is 0.171. The standard InChI is InChI=1S/C14H14N2O3/c1-10(7-13(17)18)14(19)11-8-15-16(9-11)12-5-3-2-4-6-12/h2-6,8-10H,7H2,1H3,(H,17,18). The number of ketones is 1. The lowest BCUT2D eigenvalue weighted by Crippen LogP contribution is -2.14. The second kappa shape index (κ2) is 5.48. The fourth-order valence-corrected chi connectivity index (χ4v) is 1.81. The molecule has 0 aliphatic rings. The molecule has 0 amide bonds. The van der Waals surface area contributed by atoms with E-state index in [9.17, 15) is 9.59 Å². The Morgan fingerprint density at radius 2 is 2.00 bits per heavy atom. The number of carbonyl (C=O) groups is 2. The summed E-state index contributed by atoms with van der Waals surface area (Å²) >= 11 is 0. The first-order valence-electron chi connectivity index (χ1n) is 5.94. The number of rotatable bonds is 5. The number of para-hydroxylation sites is 1. The number of hydrogen-bond acceptors (Lipinski definition) is 3. The van der Waals surface area contributed by atoms with Gasteiger partial charge in [-0.15, -0.1) is 0 Å². The molecule has 0 radical (unpaired) electrons. The zero-order valence-corrected chi connectivity index (χ0v) is 10.5. The molecule has 1 aromatic carbocycles. The number of nitrogens with zero attached hydrogens (tertiary/aromatic N) is 2. The van der Waals surface area contributed by atoms with Crippen LogP contribution in [0.1, 0.15) is 23.7 Å². The lowest BCUT2D eigenvalue weighted by Gasteiger charge is -2.04. The topological polar surface area (TPSA) is 72.2 Å². The summed E-state index contributed by atoms with van der Waals surface area (Å²) in [6.07, 6.45) is 2.92. The average molecular weight is 258 g/mol. The minimum Gasteiger partial charge on any atom is -0.481 e. The number of carboxylic acids is 1. The van der Waals surface area contributed by atoms with Crippen LogP contribution in [0, 0.1) is 5.92 Å². The SMILES string of the molecule is CC(CC(=O)O)C(=O)c1cnn(-c2ccccc2)c1. The molecule has 2 rings (SSSR count). The van der Waals surface area contributed by atoms with Crippen LogP contribution in [0.2, 0.25) is 0 Å². The maximum absolute atomic E-state index is 12.0. The Kier molecular flexibility index (Phi) is 3.75. The van der Waals surface area contributed by atoms with E-state index in [1.807, 2.05) is 30.3 Å². The van der Waals surface area contributed by atoms with Gasteiger partial charge in [0.15, 0.2) is 5.78 Å². The number of Topliss-reactive ketones (excluding diaryl/α,β-unsaturated/α-hetero) is 1. The van der Waals surface area contributed by atoms with Gasteiger partial charge in [0.25, 0.3) is 0 Å². The first kappa shape index (κ1) is 13.0.